The van der Waals surface area contributed by atoms with Gasteiger partial charge in [-0.1, -0.05) is 35.3 Å². The van der Waals surface area contributed by atoms with E-state index in [0.717, 1.165) is 4.90 Å². The van der Waals surface area contributed by atoms with Gasteiger partial charge in [-0.25, -0.2) is 9.59 Å². The molecule has 0 aromatic heterocycles. The molecule has 1 N–H and O–H groups in total. The van der Waals surface area contributed by atoms with E-state index in [1.807, 2.05) is 0 Å². The normalized spacial score (nSPS) is 15.5. The summed E-state index contributed by atoms with van der Waals surface area (Å²) < 4.78 is 10.6. The summed E-state index contributed by atoms with van der Waals surface area (Å²) in [6.07, 6.45) is 1.45. The number of nitrogens with zero attached hydrogens (tertiary/aromatic N) is 1. The zero-order valence-corrected chi connectivity index (χ0v) is 20.4. The van der Waals surface area contributed by atoms with Gasteiger partial charge < -0.3 is 14.6 Å². The van der Waals surface area contributed by atoms with Crippen LogP contribution in [0.25, 0.3) is 6.08 Å². The Bertz CT molecular complexity index is 1160. The van der Waals surface area contributed by atoms with Crippen LogP contribution in [0.5, 0.6) is 5.75 Å². The Labute approximate surface area is 209 Å². The zero-order valence-electron chi connectivity index (χ0n) is 18.0. The molecule has 1 saturated heterocycles. The van der Waals surface area contributed by atoms with Crippen LogP contribution in [0, 0.1) is 0 Å². The largest absolute Gasteiger partial charge is 0.486 e. The molecule has 178 valence electrons. The third-order valence-corrected chi connectivity index (χ3v) is 6.19. The van der Waals surface area contributed by atoms with Crippen LogP contribution in [0.15, 0.2) is 41.3 Å². The number of halogens is 2. The van der Waals surface area contributed by atoms with Crippen molar-refractivity contribution in [1.82, 2.24) is 4.90 Å². The molecule has 1 aliphatic heterocycles. The van der Waals surface area contributed by atoms with Crippen molar-refractivity contribution < 1.29 is 33.8 Å². The number of benzene rings is 2. The van der Waals surface area contributed by atoms with E-state index in [1.54, 1.807) is 19.1 Å². The maximum atomic E-state index is 12.7. The molecule has 0 unspecified atom stereocenters. The molecule has 8 nitrogen and oxygen atoms in total. The zero-order chi connectivity index (χ0) is 25.0. The van der Waals surface area contributed by atoms with Gasteiger partial charge in [-0.2, -0.15) is 0 Å². The molecule has 2 amide bonds. The van der Waals surface area contributed by atoms with Crippen molar-refractivity contribution in [3.63, 3.8) is 0 Å². The molecule has 2 aromatic carbocycles. The van der Waals surface area contributed by atoms with Gasteiger partial charge >= 0.3 is 11.9 Å². The van der Waals surface area contributed by atoms with Crippen molar-refractivity contribution in [3.8, 4) is 5.75 Å². The summed E-state index contributed by atoms with van der Waals surface area (Å²) in [5.74, 6) is -2.10. The highest BCUT2D eigenvalue weighted by Crippen LogP contribution is 2.38. The molecule has 0 saturated carbocycles. The molecule has 0 aliphatic carbocycles. The summed E-state index contributed by atoms with van der Waals surface area (Å²) in [6, 6.07) is 8.16. The van der Waals surface area contributed by atoms with Crippen molar-refractivity contribution in [3.05, 3.63) is 68.0 Å². The summed E-state index contributed by atoms with van der Waals surface area (Å²) in [6.45, 7) is 3.29. The minimum Gasteiger partial charge on any atom is -0.486 e. The number of aromatic carboxylic acids is 1. The van der Waals surface area contributed by atoms with E-state index in [1.165, 1.54) is 37.3 Å². The Hall–Kier alpha value is -3.01. The maximum absolute atomic E-state index is 12.7. The molecule has 0 spiro atoms. The molecule has 1 fully saturated rings. The van der Waals surface area contributed by atoms with E-state index in [0.29, 0.717) is 22.9 Å². The van der Waals surface area contributed by atoms with E-state index >= 15 is 0 Å². The van der Waals surface area contributed by atoms with Crippen LogP contribution in [0.3, 0.4) is 0 Å². The quantitative estimate of drug-likeness (QED) is 0.368. The number of imide groups is 1. The van der Waals surface area contributed by atoms with Crippen molar-refractivity contribution in [2.75, 3.05) is 6.61 Å². The predicted octanol–water partition coefficient (Wildman–Crippen LogP) is 5.26. The fourth-order valence-corrected chi connectivity index (χ4v) is 4.55. The second kappa shape index (κ2) is 10.9. The van der Waals surface area contributed by atoms with Crippen LogP contribution in [0.2, 0.25) is 10.0 Å². The van der Waals surface area contributed by atoms with Gasteiger partial charge in [-0.05, 0) is 67.1 Å². The Kier molecular flexibility index (Phi) is 8.24. The standard InChI is InChI=1S/C23H19Cl2NO7S/c1-3-32-22(30)12(2)26-20(27)18(34-23(26)31)10-14-8-16(24)19(17(25)9-14)33-11-13-4-6-15(7-5-13)21(28)29/h4-10,12H,3,11H2,1-2H3,(H,28,29)/b18-10+/t12-/m0/s1. The molecule has 3 rings (SSSR count). The highest BCUT2D eigenvalue weighted by atomic mass is 35.5. The number of ether oxygens (including phenoxy) is 2. The smallest absolute Gasteiger partial charge is 0.335 e. The Balaban J connectivity index is 1.75. The van der Waals surface area contributed by atoms with Gasteiger partial charge in [0, 0.05) is 0 Å². The van der Waals surface area contributed by atoms with Crippen LogP contribution in [0.1, 0.15) is 35.3 Å². The summed E-state index contributed by atoms with van der Waals surface area (Å²) in [7, 11) is 0. The molecule has 34 heavy (non-hydrogen) atoms. The fraction of sp³-hybridized carbons (Fsp3) is 0.217. The lowest BCUT2D eigenvalue weighted by Gasteiger charge is -2.19. The van der Waals surface area contributed by atoms with Gasteiger partial charge in [-0.3, -0.25) is 14.5 Å². The molecule has 2 aromatic rings. The molecular weight excluding hydrogens is 505 g/mol. The first-order valence-corrected chi connectivity index (χ1v) is 11.6. The molecule has 11 heteroatoms. The highest BCUT2D eigenvalue weighted by Gasteiger charge is 2.41. The van der Waals surface area contributed by atoms with Gasteiger partial charge in [-0.15, -0.1) is 0 Å². The lowest BCUT2D eigenvalue weighted by Crippen LogP contribution is -2.42. The minimum absolute atomic E-state index is 0.101. The first kappa shape index (κ1) is 25.6. The second-order valence-corrected chi connectivity index (χ2v) is 8.89. The summed E-state index contributed by atoms with van der Waals surface area (Å²) >= 11 is 13.4. The van der Waals surface area contributed by atoms with Gasteiger partial charge in [0.2, 0.25) is 0 Å². The van der Waals surface area contributed by atoms with E-state index < -0.39 is 29.1 Å². The molecule has 1 heterocycles. The van der Waals surface area contributed by atoms with E-state index in [9.17, 15) is 19.2 Å². The van der Waals surface area contributed by atoms with E-state index in [2.05, 4.69) is 0 Å². The highest BCUT2D eigenvalue weighted by molar-refractivity contribution is 8.18. The number of esters is 1. The number of hydrogen-bond acceptors (Lipinski definition) is 7. The topological polar surface area (TPSA) is 110 Å². The van der Waals surface area contributed by atoms with Gasteiger partial charge in [0.05, 0.1) is 27.1 Å². The Morgan fingerprint density at radius 1 is 1.15 bits per heavy atom. The van der Waals surface area contributed by atoms with Crippen molar-refractivity contribution in [2.24, 2.45) is 0 Å². The van der Waals surface area contributed by atoms with Gasteiger partial charge in [0.25, 0.3) is 11.1 Å². The number of carboxylic acid groups (broad SMARTS) is 1. The molecule has 0 bridgehead atoms. The number of carbonyl (C=O) groups is 4. The Morgan fingerprint density at radius 3 is 2.32 bits per heavy atom. The number of carboxylic acids is 1. The average Bonchev–Trinajstić information content (AvgIpc) is 3.05. The average molecular weight is 524 g/mol. The van der Waals surface area contributed by atoms with E-state index in [-0.39, 0.29) is 39.5 Å². The van der Waals surface area contributed by atoms with Gasteiger partial charge in [0.15, 0.2) is 5.75 Å². The lowest BCUT2D eigenvalue weighted by atomic mass is 10.1. The molecule has 1 aliphatic rings. The number of rotatable bonds is 8. The molecule has 1 atom stereocenters. The number of thioether (sulfide) groups is 1. The molecular formula is C23H19Cl2NO7S. The number of hydrogen-bond donors (Lipinski definition) is 1. The number of amides is 2. The Morgan fingerprint density at radius 2 is 1.76 bits per heavy atom. The first-order valence-electron chi connectivity index (χ1n) is 10.00. The summed E-state index contributed by atoms with van der Waals surface area (Å²) in [5, 5.41) is 8.75. The molecule has 0 radical (unpaired) electrons. The van der Waals surface area contributed by atoms with Crippen LogP contribution in [0.4, 0.5) is 4.79 Å². The fourth-order valence-electron chi connectivity index (χ4n) is 3.03. The first-order chi connectivity index (χ1) is 16.1. The van der Waals surface area contributed by atoms with Crippen LogP contribution in [-0.4, -0.2) is 45.7 Å². The van der Waals surface area contributed by atoms with Crippen LogP contribution in [-0.2, 0) is 20.9 Å². The minimum atomic E-state index is -1.05. The van der Waals surface area contributed by atoms with Crippen molar-refractivity contribution >= 4 is 64.1 Å². The van der Waals surface area contributed by atoms with Crippen LogP contribution < -0.4 is 4.74 Å². The van der Waals surface area contributed by atoms with Crippen LogP contribution >= 0.6 is 35.0 Å². The van der Waals surface area contributed by atoms with Crippen molar-refractivity contribution in [2.45, 2.75) is 26.5 Å². The van der Waals surface area contributed by atoms with E-state index in [4.69, 9.17) is 37.8 Å². The summed E-state index contributed by atoms with van der Waals surface area (Å²) in [4.78, 5) is 48.9. The predicted molar refractivity (Wildman–Crippen MR) is 128 cm³/mol. The van der Waals surface area contributed by atoms with Crippen molar-refractivity contribution in [1.29, 1.82) is 0 Å². The maximum Gasteiger partial charge on any atom is 0.335 e. The SMILES string of the molecule is CCOC(=O)[C@H](C)N1C(=O)S/C(=C/c2cc(Cl)c(OCc3ccc(C(=O)O)cc3)c(Cl)c2)C1=O. The second-order valence-electron chi connectivity index (χ2n) is 7.08. The van der Waals surface area contributed by atoms with Gasteiger partial charge in [0.1, 0.15) is 12.6 Å². The lowest BCUT2D eigenvalue weighted by molar-refractivity contribution is -0.150. The number of carbonyl (C=O) groups excluding carboxylic acids is 3. The third kappa shape index (κ3) is 5.72. The third-order valence-electron chi connectivity index (χ3n) is 4.74. The monoisotopic (exact) mass is 523 g/mol. The summed E-state index contributed by atoms with van der Waals surface area (Å²) in [5.41, 5.74) is 1.33.